The van der Waals surface area contributed by atoms with E-state index in [0.717, 1.165) is 5.56 Å². The number of carbonyl (C=O) groups excluding carboxylic acids is 4. The van der Waals surface area contributed by atoms with Crippen LogP contribution in [0, 0.1) is 5.92 Å². The van der Waals surface area contributed by atoms with Crippen molar-refractivity contribution >= 4 is 41.5 Å². The van der Waals surface area contributed by atoms with Crippen molar-refractivity contribution in [2.24, 2.45) is 28.1 Å². The second-order valence-corrected chi connectivity index (χ2v) is 11.9. The van der Waals surface area contributed by atoms with Crippen LogP contribution in [0.25, 0.3) is 0 Å². The lowest BCUT2D eigenvalue weighted by Gasteiger charge is -2.28. The van der Waals surface area contributed by atoms with Gasteiger partial charge in [0.05, 0.1) is 12.4 Å². The molecular weight excluding hydrogens is 652 g/mol. The normalized spacial score (nSPS) is 14.5. The summed E-state index contributed by atoms with van der Waals surface area (Å²) in [6.45, 7) is 3.61. The van der Waals surface area contributed by atoms with E-state index < -0.39 is 78.1 Å². The van der Waals surface area contributed by atoms with Gasteiger partial charge in [0.1, 0.15) is 24.2 Å². The molecule has 1 heterocycles. The highest BCUT2D eigenvalue weighted by atomic mass is 16.4. The maximum absolute atomic E-state index is 13.6. The Morgan fingerprint density at radius 2 is 1.48 bits per heavy atom. The number of guanidine groups is 1. The van der Waals surface area contributed by atoms with E-state index in [4.69, 9.17) is 17.2 Å². The largest absolute Gasteiger partial charge is 0.481 e. The fourth-order valence-corrected chi connectivity index (χ4v) is 4.85. The summed E-state index contributed by atoms with van der Waals surface area (Å²) in [6.07, 6.45) is 2.55. The summed E-state index contributed by atoms with van der Waals surface area (Å²) in [5, 5.41) is 29.2. The number of aromatic nitrogens is 2. The number of amides is 4. The van der Waals surface area contributed by atoms with E-state index in [1.165, 1.54) is 12.5 Å². The Hall–Kier alpha value is -5.52. The highest BCUT2D eigenvalue weighted by Gasteiger charge is 2.33. The molecule has 0 aliphatic rings. The third kappa shape index (κ3) is 14.3. The van der Waals surface area contributed by atoms with Crippen LogP contribution in [0.15, 0.2) is 47.8 Å². The van der Waals surface area contributed by atoms with E-state index in [2.05, 4.69) is 36.2 Å². The van der Waals surface area contributed by atoms with Gasteiger partial charge in [0.2, 0.25) is 23.6 Å². The Kier molecular flexibility index (Phi) is 16.9. The highest BCUT2D eigenvalue weighted by molar-refractivity contribution is 5.95. The molecule has 2 rings (SSSR count). The molecule has 0 spiro atoms. The molecule has 0 unspecified atom stereocenters. The van der Waals surface area contributed by atoms with Gasteiger partial charge in [-0.3, -0.25) is 29.0 Å². The lowest BCUT2D eigenvalue weighted by atomic mass is 9.96. The predicted molar refractivity (Wildman–Crippen MR) is 182 cm³/mol. The number of nitrogens with two attached hydrogens (primary N) is 3. The van der Waals surface area contributed by atoms with Crippen molar-refractivity contribution in [3.63, 3.8) is 0 Å². The van der Waals surface area contributed by atoms with Gasteiger partial charge in [-0.1, -0.05) is 50.6 Å². The van der Waals surface area contributed by atoms with E-state index in [1.54, 1.807) is 13.8 Å². The molecule has 1 aromatic heterocycles. The minimum atomic E-state index is -1.45. The lowest BCUT2D eigenvalue weighted by Crippen LogP contribution is -2.59. The summed E-state index contributed by atoms with van der Waals surface area (Å²) in [5.41, 5.74) is 18.1. The van der Waals surface area contributed by atoms with Crippen molar-refractivity contribution in [1.82, 2.24) is 31.2 Å². The molecule has 0 fully saturated rings. The topological polar surface area (TPSA) is 310 Å². The third-order valence-electron chi connectivity index (χ3n) is 7.88. The molecule has 0 saturated carbocycles. The Bertz CT molecular complexity index is 1450. The van der Waals surface area contributed by atoms with Crippen LogP contribution in [-0.4, -0.2) is 98.5 Å². The van der Waals surface area contributed by atoms with Crippen LogP contribution in [0.4, 0.5) is 0 Å². The molecule has 50 heavy (non-hydrogen) atoms. The smallest absolute Gasteiger partial charge is 0.326 e. The molecule has 2 aromatic rings. The zero-order valence-electron chi connectivity index (χ0n) is 28.1. The Labute approximate surface area is 289 Å². The van der Waals surface area contributed by atoms with Gasteiger partial charge in [-0.25, -0.2) is 9.78 Å². The first kappa shape index (κ1) is 40.7. The van der Waals surface area contributed by atoms with E-state index in [0.29, 0.717) is 12.1 Å². The zero-order valence-corrected chi connectivity index (χ0v) is 28.1. The molecule has 0 saturated heterocycles. The summed E-state index contributed by atoms with van der Waals surface area (Å²) in [5.74, 6) is -6.31. The summed E-state index contributed by atoms with van der Waals surface area (Å²) >= 11 is 0. The molecule has 0 radical (unpaired) electrons. The van der Waals surface area contributed by atoms with E-state index in [9.17, 15) is 39.0 Å². The van der Waals surface area contributed by atoms with Gasteiger partial charge >= 0.3 is 11.9 Å². The second kappa shape index (κ2) is 20.8. The van der Waals surface area contributed by atoms with Crippen LogP contribution >= 0.6 is 0 Å². The number of nitrogens with zero attached hydrogens (tertiary/aromatic N) is 2. The zero-order chi connectivity index (χ0) is 37.2. The number of H-pyrrole nitrogens is 1. The number of rotatable bonds is 22. The third-order valence-corrected chi connectivity index (χ3v) is 7.88. The number of hydrogen-bond donors (Lipinski definition) is 10. The quantitative estimate of drug-likeness (QED) is 0.0382. The lowest BCUT2D eigenvalue weighted by molar-refractivity contribution is -0.142. The molecule has 4 amide bonds. The molecule has 18 nitrogen and oxygen atoms in total. The van der Waals surface area contributed by atoms with E-state index in [-0.39, 0.29) is 44.6 Å². The minimum Gasteiger partial charge on any atom is -0.481 e. The Morgan fingerprint density at radius 1 is 0.860 bits per heavy atom. The van der Waals surface area contributed by atoms with Crippen LogP contribution in [0.1, 0.15) is 57.2 Å². The highest BCUT2D eigenvalue weighted by Crippen LogP contribution is 2.12. The Morgan fingerprint density at radius 3 is 2.04 bits per heavy atom. The number of carbonyl (C=O) groups is 6. The number of benzene rings is 1. The molecule has 0 aliphatic carbocycles. The summed E-state index contributed by atoms with van der Waals surface area (Å²) in [4.78, 5) is 87.5. The van der Waals surface area contributed by atoms with Gasteiger partial charge in [0.25, 0.3) is 0 Å². The molecule has 18 heteroatoms. The monoisotopic (exact) mass is 700 g/mol. The summed E-state index contributed by atoms with van der Waals surface area (Å²) in [6, 6.07) is 2.78. The van der Waals surface area contributed by atoms with E-state index >= 15 is 0 Å². The van der Waals surface area contributed by atoms with Crippen molar-refractivity contribution < 1.29 is 39.0 Å². The number of aliphatic imine (C=N–C) groups is 1. The first-order chi connectivity index (χ1) is 23.7. The van der Waals surface area contributed by atoms with Crippen molar-refractivity contribution in [2.75, 3.05) is 6.54 Å². The minimum absolute atomic E-state index is 0.0464. The van der Waals surface area contributed by atoms with Gasteiger partial charge in [-0.05, 0) is 37.2 Å². The predicted octanol–water partition coefficient (Wildman–Crippen LogP) is -1.49. The van der Waals surface area contributed by atoms with Crippen molar-refractivity contribution in [3.8, 4) is 0 Å². The van der Waals surface area contributed by atoms with Crippen LogP contribution < -0.4 is 38.5 Å². The number of aromatic amines is 1. The fourth-order valence-electron chi connectivity index (χ4n) is 4.85. The van der Waals surface area contributed by atoms with Gasteiger partial charge in [-0.15, -0.1) is 0 Å². The van der Waals surface area contributed by atoms with Crippen molar-refractivity contribution in [3.05, 3.63) is 54.1 Å². The van der Waals surface area contributed by atoms with Crippen LogP contribution in [0.2, 0.25) is 0 Å². The molecular formula is C32H48N10O8. The average Bonchev–Trinajstić information content (AvgIpc) is 3.59. The summed E-state index contributed by atoms with van der Waals surface area (Å²) < 4.78 is 0. The summed E-state index contributed by atoms with van der Waals surface area (Å²) in [7, 11) is 0. The van der Waals surface area contributed by atoms with Crippen LogP contribution in [0.3, 0.4) is 0 Å². The molecule has 274 valence electrons. The number of hydrogen-bond acceptors (Lipinski definition) is 9. The van der Waals surface area contributed by atoms with Gasteiger partial charge < -0.3 is 53.7 Å². The molecule has 1 aromatic carbocycles. The number of carboxylic acids is 2. The first-order valence-corrected chi connectivity index (χ1v) is 16.2. The van der Waals surface area contributed by atoms with Crippen molar-refractivity contribution in [2.45, 2.75) is 89.0 Å². The van der Waals surface area contributed by atoms with Crippen LogP contribution in [-0.2, 0) is 41.6 Å². The average molecular weight is 701 g/mol. The number of carboxylic acid groups (broad SMARTS) is 2. The standard InChI is InChI=1S/C32H48N10O8/c1-3-18(2)26(42-27(45)21(33)14-19-8-5-4-6-9-19)30(48)40-23(11-12-25(43)44)29(47)39-22(10-7-13-37-32(34)35)28(46)41-24(31(49)50)15-20-16-36-17-38-20/h4-6,8-9,16-18,21-24,26H,3,7,10-15,33H2,1-2H3,(H,36,38)(H,39,47)(H,40,48)(H,41,46)(H,42,45)(H,43,44)(H,49,50)(H4,34,35,37)/t18-,21-,22-,23-,24-,26-/m0/s1. The second-order valence-electron chi connectivity index (χ2n) is 11.9. The molecule has 6 atom stereocenters. The molecule has 0 bridgehead atoms. The molecule has 0 aliphatic heterocycles. The SMILES string of the molecule is CC[C@H](C)[C@H](NC(=O)[C@@H](N)Cc1ccccc1)C(=O)N[C@@H](CCC(=O)O)C(=O)N[C@@H](CCCN=C(N)N)C(=O)N[C@@H](Cc1cnc[nH]1)C(=O)O. The maximum atomic E-state index is 13.6. The molecule has 13 N–H and O–H groups in total. The number of imidazole rings is 1. The van der Waals surface area contributed by atoms with Gasteiger partial charge in [0, 0.05) is 31.3 Å². The van der Waals surface area contributed by atoms with Crippen LogP contribution in [0.5, 0.6) is 0 Å². The maximum Gasteiger partial charge on any atom is 0.326 e. The van der Waals surface area contributed by atoms with Gasteiger partial charge in [0.15, 0.2) is 5.96 Å². The number of nitrogens with one attached hydrogen (secondary N) is 5. The fraction of sp³-hybridized carbons (Fsp3) is 0.500. The first-order valence-electron chi connectivity index (χ1n) is 16.2. The number of aliphatic carboxylic acids is 2. The Balaban J connectivity index is 2.26. The van der Waals surface area contributed by atoms with Crippen molar-refractivity contribution in [1.29, 1.82) is 0 Å². The van der Waals surface area contributed by atoms with E-state index in [1.807, 2.05) is 30.3 Å². The van der Waals surface area contributed by atoms with Gasteiger partial charge in [-0.2, -0.15) is 0 Å².